The van der Waals surface area contributed by atoms with E-state index < -0.39 is 51.4 Å². The Bertz CT molecular complexity index is 3890. The number of fused-ring (bicyclic) bond motifs is 2. The summed E-state index contributed by atoms with van der Waals surface area (Å²) < 4.78 is 55.7. The Labute approximate surface area is 583 Å². The van der Waals surface area contributed by atoms with Crippen molar-refractivity contribution in [2.45, 2.75) is 232 Å². The predicted octanol–water partition coefficient (Wildman–Crippen LogP) is 18.2. The van der Waals surface area contributed by atoms with Gasteiger partial charge in [-0.3, -0.25) is 9.97 Å². The van der Waals surface area contributed by atoms with Crippen molar-refractivity contribution in [1.29, 1.82) is 0 Å². The summed E-state index contributed by atoms with van der Waals surface area (Å²) in [7, 11) is -3.83. The van der Waals surface area contributed by atoms with E-state index in [1.165, 1.54) is 0 Å². The Balaban J connectivity index is 0.000000220. The molecule has 5 N–H and O–H groups in total. The summed E-state index contributed by atoms with van der Waals surface area (Å²) in [6.45, 7) is 41.3. The lowest BCUT2D eigenvalue weighted by Gasteiger charge is -2.36. The summed E-state index contributed by atoms with van der Waals surface area (Å²) in [6.07, 6.45) is 10.5. The summed E-state index contributed by atoms with van der Waals surface area (Å²) >= 11 is 4.88. The van der Waals surface area contributed by atoms with Crippen LogP contribution in [0.4, 0.5) is 0 Å². The molecular formula is C73H105ClN10O8S2Si2+2. The molecule has 6 aromatic heterocycles. The predicted molar refractivity (Wildman–Crippen MR) is 399 cm³/mol. The van der Waals surface area contributed by atoms with E-state index in [2.05, 4.69) is 133 Å². The second kappa shape index (κ2) is 32.3. The fraction of sp³-hybridized carbons (Fsp3) is 0.521. The summed E-state index contributed by atoms with van der Waals surface area (Å²) in [5.41, 5.74) is 10.1. The van der Waals surface area contributed by atoms with Gasteiger partial charge in [-0.2, -0.15) is 19.3 Å². The van der Waals surface area contributed by atoms with Crippen LogP contribution in [0.5, 0.6) is 0 Å². The molecule has 2 saturated heterocycles. The van der Waals surface area contributed by atoms with Crippen LogP contribution in [0.25, 0.3) is 56.0 Å². The van der Waals surface area contributed by atoms with Gasteiger partial charge in [-0.25, -0.2) is 24.1 Å². The Kier molecular flexibility index (Phi) is 25.6. The molecular weight excluding hydrogens is 1300 g/mol. The molecule has 2 aliphatic rings. The van der Waals surface area contributed by atoms with E-state index in [0.717, 1.165) is 130 Å². The maximum atomic E-state index is 10.9. The van der Waals surface area contributed by atoms with Gasteiger partial charge in [-0.05, 0) is 195 Å². The lowest BCUT2D eigenvalue weighted by atomic mass is 9.97. The third-order valence-electron chi connectivity index (χ3n) is 18.3. The van der Waals surface area contributed by atoms with E-state index in [9.17, 15) is 13.9 Å². The zero-order valence-electron chi connectivity index (χ0n) is 59.8. The van der Waals surface area contributed by atoms with Crippen LogP contribution in [-0.4, -0.2) is 105 Å². The zero-order valence-corrected chi connectivity index (χ0v) is 64.2. The van der Waals surface area contributed by atoms with E-state index in [1.807, 2.05) is 118 Å². The van der Waals surface area contributed by atoms with Crippen LogP contribution in [-0.2, 0) is 59.1 Å². The average molecular weight is 1410 g/mol. The van der Waals surface area contributed by atoms with E-state index >= 15 is 0 Å². The van der Waals surface area contributed by atoms with Crippen LogP contribution in [0.1, 0.15) is 195 Å². The number of carbonyl (C=O) groups is 1. The van der Waals surface area contributed by atoms with Gasteiger partial charge in [0.15, 0.2) is 43.9 Å². The van der Waals surface area contributed by atoms with Crippen LogP contribution in [0.3, 0.4) is 0 Å². The monoisotopic (exact) mass is 1400 g/mol. The van der Waals surface area contributed by atoms with Crippen molar-refractivity contribution in [2.75, 3.05) is 13.2 Å². The van der Waals surface area contributed by atoms with Crippen molar-refractivity contribution in [3.63, 3.8) is 0 Å². The zero-order chi connectivity index (χ0) is 70.1. The molecule has 4 unspecified atom stereocenters. The lowest BCUT2D eigenvalue weighted by molar-refractivity contribution is -0.147. The van der Waals surface area contributed by atoms with E-state index in [-0.39, 0.29) is 37.8 Å². The number of aromatic nitrogens is 8. The lowest BCUT2D eigenvalue weighted by Crippen LogP contribution is -2.41. The van der Waals surface area contributed by atoms with Gasteiger partial charge in [0.25, 0.3) is 0 Å². The maximum absolute atomic E-state index is 10.9. The maximum Gasteiger partial charge on any atom is 0.332 e. The van der Waals surface area contributed by atoms with Crippen molar-refractivity contribution < 1.29 is 37.3 Å². The second-order valence-electron chi connectivity index (χ2n) is 30.0. The number of hydrogen-bond donors (Lipinski definition) is 5. The number of carboxylic acid groups (broad SMARTS) is 1. The molecule has 8 aromatic rings. The molecule has 0 saturated carbocycles. The summed E-state index contributed by atoms with van der Waals surface area (Å²) in [6, 6.07) is 32.5. The molecule has 520 valence electrons. The molecule has 0 bridgehead atoms. The minimum Gasteiger partial charge on any atom is -0.479 e. The van der Waals surface area contributed by atoms with Gasteiger partial charge in [0, 0.05) is 35.1 Å². The highest BCUT2D eigenvalue weighted by Gasteiger charge is 2.41. The smallest absolute Gasteiger partial charge is 0.332 e. The van der Waals surface area contributed by atoms with Gasteiger partial charge in [-0.1, -0.05) is 114 Å². The number of halogens is 1. The van der Waals surface area contributed by atoms with Crippen LogP contribution in [0.15, 0.2) is 109 Å². The number of benzene rings is 2. The largest absolute Gasteiger partial charge is 0.479 e. The Hall–Kier alpha value is -5.45. The van der Waals surface area contributed by atoms with Gasteiger partial charge in [-0.15, -0.1) is 0 Å². The minimum atomic E-state index is -1.92. The van der Waals surface area contributed by atoms with Crippen molar-refractivity contribution in [1.82, 2.24) is 48.9 Å². The molecule has 6 atom stereocenters. The Morgan fingerprint density at radius 3 is 1.46 bits per heavy atom. The van der Waals surface area contributed by atoms with Crippen LogP contribution in [0, 0.1) is 0 Å². The number of nitrogens with zero attached hydrogens (tertiary/aromatic N) is 8. The van der Waals surface area contributed by atoms with E-state index in [1.54, 1.807) is 6.20 Å². The summed E-state index contributed by atoms with van der Waals surface area (Å²) in [4.78, 5) is 30.2. The molecule has 0 aliphatic carbocycles. The fourth-order valence-corrected chi connectivity index (χ4v) is 14.2. The molecule has 0 radical (unpaired) electrons. The van der Waals surface area contributed by atoms with Gasteiger partial charge in [0.05, 0.1) is 94.0 Å². The SMILES string of the molecule is CCC[C@H](N[S+](O)C(C)(C)C)c1cccc(-c2cc(C3CCCO3)c3cnn(-c4cccc(CO[Si](C)(C)C(C)(C)C)n4)c3c2)n1.CCC[C@H](N[S+](O)C(C)(C)C)c1cccc(-c2cc(Cl)c3cnn(-c4cccc(CO[Si](C)(C)C(C)(C)C)n4)c3c2)n1.O=C(O)C1CCCO1. The standard InChI is InChI=1S/C36H52N5O3SSi.C32H45ClN5O2SSi.C5H8O3/c1-10-14-31(40-45(42)35(2,3)4)30-17-12-16-29(39-30)25-21-27(33-18-13-20-43-33)28-23-37-41(32(28)22-25)34-19-11-15-26(38-34)24-44-46(8,9)36(5,6)7;1-10-13-28(37-41(39)31(2,3)4)27-16-12-15-26(36-27)22-18-25(33)24-20-34-38(29(24)19-22)30-17-11-14-23(35-30)21-40-42(8,9)32(5,6)7;6-5(7)4-2-1-3-8-4/h11-12,15-17,19,21-23,31,33,40,42H,10,13-14,18,20,24H2,1-9H3;11-12,14-20,28,37,39H,10,13,21H2,1-9H3;4H,1-3H2,(H,6,7)/q2*+1;/t31-,33?,45?;28-,41?;/m00./s1. The Morgan fingerprint density at radius 1 is 0.615 bits per heavy atom. The van der Waals surface area contributed by atoms with Crippen molar-refractivity contribution in [2.24, 2.45) is 0 Å². The summed E-state index contributed by atoms with van der Waals surface area (Å²) in [5.74, 6) is 0.635. The van der Waals surface area contributed by atoms with Crippen LogP contribution in [0.2, 0.25) is 41.3 Å². The molecule has 8 heterocycles. The second-order valence-corrected chi connectivity index (χ2v) is 44.1. The van der Waals surface area contributed by atoms with Crippen molar-refractivity contribution in [3.8, 4) is 34.2 Å². The highest BCUT2D eigenvalue weighted by Crippen LogP contribution is 2.41. The number of pyridine rings is 4. The normalized spacial score (nSPS) is 17.0. The number of hydrogen-bond acceptors (Lipinski definition) is 15. The molecule has 2 aromatic carbocycles. The van der Waals surface area contributed by atoms with Gasteiger partial charge >= 0.3 is 5.97 Å². The first kappa shape index (κ1) is 76.3. The van der Waals surface area contributed by atoms with E-state index in [0.29, 0.717) is 37.1 Å². The topological polar surface area (TPSA) is 226 Å². The van der Waals surface area contributed by atoms with Gasteiger partial charge in [0.1, 0.15) is 0 Å². The third-order valence-corrected chi connectivity index (χ3v) is 30.9. The summed E-state index contributed by atoms with van der Waals surface area (Å²) in [5, 5.41) is 20.6. The first-order chi connectivity index (χ1) is 45.1. The number of nitrogens with one attached hydrogen (secondary N) is 2. The molecule has 10 rings (SSSR count). The number of carboxylic acids is 1. The van der Waals surface area contributed by atoms with Crippen molar-refractivity contribution >= 4 is 78.7 Å². The van der Waals surface area contributed by atoms with Crippen LogP contribution < -0.4 is 9.44 Å². The molecule has 0 amide bonds. The van der Waals surface area contributed by atoms with Gasteiger partial charge < -0.3 is 23.4 Å². The van der Waals surface area contributed by atoms with Gasteiger partial charge in [0.2, 0.25) is 22.7 Å². The molecule has 2 fully saturated rings. The molecule has 0 spiro atoms. The molecule has 23 heteroatoms. The Morgan fingerprint density at radius 2 is 1.05 bits per heavy atom. The first-order valence-corrected chi connectivity index (χ1v) is 42.3. The number of aliphatic carboxylic acids is 1. The van der Waals surface area contributed by atoms with Crippen molar-refractivity contribution in [3.05, 3.63) is 143 Å². The molecule has 2 aliphatic heterocycles. The minimum absolute atomic E-state index is 0.0122. The highest BCUT2D eigenvalue weighted by atomic mass is 35.5. The third kappa shape index (κ3) is 19.5. The molecule has 18 nitrogen and oxygen atoms in total. The molecule has 96 heavy (non-hydrogen) atoms. The average Bonchev–Trinajstić information content (AvgIpc) is 1.60. The first-order valence-electron chi connectivity index (χ1n) is 33.8. The van der Waals surface area contributed by atoms with Crippen LogP contribution >= 0.6 is 11.6 Å². The number of ether oxygens (including phenoxy) is 2. The quantitative estimate of drug-likeness (QED) is 0.0314. The van der Waals surface area contributed by atoms with E-state index in [4.69, 9.17) is 60.1 Å². The fourth-order valence-electron chi connectivity index (χ4n) is 10.4. The number of rotatable bonds is 22. The highest BCUT2D eigenvalue weighted by molar-refractivity contribution is 7.91.